The van der Waals surface area contributed by atoms with Crippen molar-refractivity contribution in [3.63, 3.8) is 0 Å². The zero-order chi connectivity index (χ0) is 16.4. The summed E-state index contributed by atoms with van der Waals surface area (Å²) in [4.78, 5) is 12.7. The highest BCUT2D eigenvalue weighted by atomic mass is 16.5. The van der Waals surface area contributed by atoms with E-state index in [1.54, 1.807) is 25.3 Å². The minimum Gasteiger partial charge on any atom is -0.496 e. The zero-order valence-electron chi connectivity index (χ0n) is 13.4. The summed E-state index contributed by atoms with van der Waals surface area (Å²) in [6.07, 6.45) is 2.67. The summed E-state index contributed by atoms with van der Waals surface area (Å²) in [5.74, 6) is 1.63. The number of benzene rings is 2. The molecule has 1 heterocycles. The van der Waals surface area contributed by atoms with E-state index in [1.807, 2.05) is 24.3 Å². The molecule has 0 aliphatic carbocycles. The third-order valence-electron chi connectivity index (χ3n) is 3.89. The second-order valence-electron chi connectivity index (χ2n) is 5.19. The molecule has 1 aliphatic rings. The van der Waals surface area contributed by atoms with Crippen LogP contribution >= 0.6 is 0 Å². The number of ketones is 1. The van der Waals surface area contributed by atoms with E-state index in [1.165, 1.54) is 7.11 Å². The van der Waals surface area contributed by atoms with Gasteiger partial charge >= 0.3 is 0 Å². The van der Waals surface area contributed by atoms with Crippen LogP contribution in [0.25, 0.3) is 6.08 Å². The van der Waals surface area contributed by atoms with Crippen molar-refractivity contribution in [1.82, 2.24) is 0 Å². The number of hydrogen-bond acceptors (Lipinski definition) is 4. The number of methoxy groups -OCH3 is 2. The maximum Gasteiger partial charge on any atom is 0.235 e. The van der Waals surface area contributed by atoms with Crippen LogP contribution in [0, 0.1) is 0 Å². The molecule has 4 nitrogen and oxygen atoms in total. The van der Waals surface area contributed by atoms with E-state index in [0.717, 1.165) is 17.5 Å². The van der Waals surface area contributed by atoms with Gasteiger partial charge in [-0.3, -0.25) is 4.79 Å². The monoisotopic (exact) mass is 310 g/mol. The van der Waals surface area contributed by atoms with Crippen LogP contribution in [0.3, 0.4) is 0 Å². The van der Waals surface area contributed by atoms with Gasteiger partial charge in [0, 0.05) is 12.1 Å². The Labute approximate surface area is 135 Å². The lowest BCUT2D eigenvalue weighted by Crippen LogP contribution is -2.00. The molecule has 2 aromatic carbocycles. The van der Waals surface area contributed by atoms with Crippen molar-refractivity contribution in [1.29, 1.82) is 0 Å². The molecule has 0 amide bonds. The molecule has 118 valence electrons. The van der Waals surface area contributed by atoms with E-state index in [2.05, 4.69) is 6.92 Å². The molecule has 0 spiro atoms. The third-order valence-corrected chi connectivity index (χ3v) is 3.89. The molecule has 0 saturated carbocycles. The van der Waals surface area contributed by atoms with Crippen molar-refractivity contribution >= 4 is 11.9 Å². The van der Waals surface area contributed by atoms with Crippen molar-refractivity contribution in [2.24, 2.45) is 0 Å². The van der Waals surface area contributed by atoms with Crippen molar-refractivity contribution in [3.8, 4) is 17.2 Å². The fourth-order valence-electron chi connectivity index (χ4n) is 2.67. The van der Waals surface area contributed by atoms with E-state index in [0.29, 0.717) is 28.6 Å². The quantitative estimate of drug-likeness (QED) is 0.804. The van der Waals surface area contributed by atoms with Gasteiger partial charge in [0.25, 0.3) is 0 Å². The van der Waals surface area contributed by atoms with Gasteiger partial charge in [0.15, 0.2) is 5.76 Å². The Morgan fingerprint density at radius 3 is 2.61 bits per heavy atom. The predicted octanol–water partition coefficient (Wildman–Crippen LogP) is 3.88. The summed E-state index contributed by atoms with van der Waals surface area (Å²) in [6, 6.07) is 11.3. The number of carbonyl (C=O) groups excluding carboxylic acids is 1. The van der Waals surface area contributed by atoms with E-state index < -0.39 is 0 Å². The molecule has 0 radical (unpaired) electrons. The lowest BCUT2D eigenvalue weighted by Gasteiger charge is -2.07. The lowest BCUT2D eigenvalue weighted by atomic mass is 10.0. The molecule has 0 saturated heterocycles. The van der Waals surface area contributed by atoms with Crippen LogP contribution in [0.15, 0.2) is 42.2 Å². The minimum atomic E-state index is -0.176. The second kappa shape index (κ2) is 6.16. The molecule has 0 atom stereocenters. The van der Waals surface area contributed by atoms with Crippen LogP contribution in [-0.4, -0.2) is 20.0 Å². The Bertz CT molecular complexity index is 790. The first-order chi connectivity index (χ1) is 11.2. The van der Waals surface area contributed by atoms with Crippen LogP contribution < -0.4 is 14.2 Å². The van der Waals surface area contributed by atoms with Gasteiger partial charge in [-0.2, -0.15) is 0 Å². The Morgan fingerprint density at radius 1 is 1.13 bits per heavy atom. The highest BCUT2D eigenvalue weighted by Gasteiger charge is 2.32. The molecule has 0 aromatic heterocycles. The highest BCUT2D eigenvalue weighted by molar-refractivity contribution is 6.16. The van der Waals surface area contributed by atoms with Crippen LogP contribution in [0.5, 0.6) is 17.2 Å². The third kappa shape index (κ3) is 2.68. The van der Waals surface area contributed by atoms with E-state index in [4.69, 9.17) is 14.2 Å². The minimum absolute atomic E-state index is 0.176. The zero-order valence-corrected chi connectivity index (χ0v) is 13.4. The van der Waals surface area contributed by atoms with Gasteiger partial charge in [-0.25, -0.2) is 0 Å². The van der Waals surface area contributed by atoms with Crippen molar-refractivity contribution in [2.45, 2.75) is 13.3 Å². The number of ether oxygens (including phenoxy) is 3. The lowest BCUT2D eigenvalue weighted by molar-refractivity contribution is 0.101. The summed E-state index contributed by atoms with van der Waals surface area (Å²) in [7, 11) is 3.09. The van der Waals surface area contributed by atoms with Crippen LogP contribution in [0.1, 0.15) is 28.4 Å². The predicted molar refractivity (Wildman–Crippen MR) is 88.3 cm³/mol. The first-order valence-corrected chi connectivity index (χ1v) is 7.46. The van der Waals surface area contributed by atoms with Gasteiger partial charge < -0.3 is 14.2 Å². The molecular formula is C19H18O4. The maximum absolute atomic E-state index is 12.7. The van der Waals surface area contributed by atoms with Gasteiger partial charge in [-0.05, 0) is 23.6 Å². The normalized spacial score (nSPS) is 14.6. The summed E-state index contributed by atoms with van der Waals surface area (Å²) < 4.78 is 16.3. The number of Topliss-reactive ketones (excluding diaryl/α,β-unsaturated/α-hetero) is 1. The summed E-state index contributed by atoms with van der Waals surface area (Å²) in [5.41, 5.74) is 2.59. The van der Waals surface area contributed by atoms with Crippen molar-refractivity contribution in [2.75, 3.05) is 14.2 Å². The molecule has 0 bridgehead atoms. The molecule has 4 heteroatoms. The number of allylic oxidation sites excluding steroid dienone is 1. The topological polar surface area (TPSA) is 44.8 Å². The number of hydrogen-bond donors (Lipinski definition) is 0. The average Bonchev–Trinajstić information content (AvgIpc) is 2.90. The molecule has 0 N–H and O–H groups in total. The summed E-state index contributed by atoms with van der Waals surface area (Å²) in [6.45, 7) is 2.08. The Kier molecular flexibility index (Phi) is 4.06. The molecule has 0 fully saturated rings. The Balaban J connectivity index is 2.05. The number of rotatable bonds is 4. The largest absolute Gasteiger partial charge is 0.496 e. The number of fused-ring (bicyclic) bond motifs is 1. The van der Waals surface area contributed by atoms with E-state index in [-0.39, 0.29) is 5.78 Å². The number of aryl methyl sites for hydroxylation is 1. The standard InChI is InChI=1S/C19H18O4/c1-4-12-7-5-6-8-13(12)9-17-19(20)18-15(22-3)10-14(21-2)11-16(18)23-17/h5-11H,4H2,1-3H3/b17-9-. The molecule has 1 aliphatic heterocycles. The molecule has 0 unspecified atom stereocenters. The fraction of sp³-hybridized carbons (Fsp3) is 0.211. The SMILES string of the molecule is CCc1ccccc1/C=C1\Oc2cc(OC)cc(OC)c2C1=O. The summed E-state index contributed by atoms with van der Waals surface area (Å²) in [5, 5.41) is 0. The van der Waals surface area contributed by atoms with Gasteiger partial charge in [0.1, 0.15) is 22.8 Å². The summed E-state index contributed by atoms with van der Waals surface area (Å²) >= 11 is 0. The first kappa shape index (κ1) is 15.2. The van der Waals surface area contributed by atoms with Crippen LogP contribution in [-0.2, 0) is 6.42 Å². The second-order valence-corrected chi connectivity index (χ2v) is 5.19. The van der Waals surface area contributed by atoms with Crippen molar-refractivity contribution < 1.29 is 19.0 Å². The van der Waals surface area contributed by atoms with Crippen LogP contribution in [0.4, 0.5) is 0 Å². The molecule has 3 rings (SSSR count). The van der Waals surface area contributed by atoms with Crippen LogP contribution in [0.2, 0.25) is 0 Å². The van der Waals surface area contributed by atoms with E-state index >= 15 is 0 Å². The Morgan fingerprint density at radius 2 is 1.91 bits per heavy atom. The highest BCUT2D eigenvalue weighted by Crippen LogP contribution is 2.41. The van der Waals surface area contributed by atoms with Gasteiger partial charge in [-0.1, -0.05) is 31.2 Å². The number of carbonyl (C=O) groups is 1. The fourth-order valence-corrected chi connectivity index (χ4v) is 2.67. The Hall–Kier alpha value is -2.75. The van der Waals surface area contributed by atoms with Gasteiger partial charge in [-0.15, -0.1) is 0 Å². The molecule has 2 aromatic rings. The van der Waals surface area contributed by atoms with Gasteiger partial charge in [0.2, 0.25) is 5.78 Å². The van der Waals surface area contributed by atoms with Crippen molar-refractivity contribution in [3.05, 3.63) is 58.8 Å². The van der Waals surface area contributed by atoms with Gasteiger partial charge in [0.05, 0.1) is 14.2 Å². The first-order valence-electron chi connectivity index (χ1n) is 7.46. The average molecular weight is 310 g/mol. The maximum atomic E-state index is 12.7. The smallest absolute Gasteiger partial charge is 0.235 e. The molecular weight excluding hydrogens is 292 g/mol. The van der Waals surface area contributed by atoms with E-state index in [9.17, 15) is 4.79 Å². The molecule has 23 heavy (non-hydrogen) atoms.